The summed E-state index contributed by atoms with van der Waals surface area (Å²) in [5.74, 6) is -0.308. The van der Waals surface area contributed by atoms with E-state index in [0.29, 0.717) is 19.4 Å². The maximum Gasteiger partial charge on any atom is 0.331 e. The minimum atomic E-state index is -0.580. The zero-order valence-electron chi connectivity index (χ0n) is 16.3. The van der Waals surface area contributed by atoms with Crippen LogP contribution in [-0.4, -0.2) is 60.9 Å². The lowest BCUT2D eigenvalue weighted by Gasteiger charge is -2.33. The van der Waals surface area contributed by atoms with Gasteiger partial charge < -0.3 is 19.5 Å². The van der Waals surface area contributed by atoms with Crippen LogP contribution in [0, 0.1) is 0 Å². The quantitative estimate of drug-likeness (QED) is 0.379. The summed E-state index contributed by atoms with van der Waals surface area (Å²) < 4.78 is 9.65. The van der Waals surface area contributed by atoms with Crippen LogP contribution in [0.5, 0.6) is 0 Å². The third-order valence-corrected chi connectivity index (χ3v) is 4.58. The summed E-state index contributed by atoms with van der Waals surface area (Å²) in [4.78, 5) is 25.1. The Bertz CT molecular complexity index is 671. The van der Waals surface area contributed by atoms with Crippen molar-refractivity contribution in [2.75, 3.05) is 26.9 Å². The first kappa shape index (κ1) is 21.9. The van der Waals surface area contributed by atoms with Crippen LogP contribution in [0.4, 0.5) is 0 Å². The van der Waals surface area contributed by atoms with Crippen LogP contribution in [-0.2, 0) is 25.5 Å². The summed E-state index contributed by atoms with van der Waals surface area (Å²) in [6, 6.07) is 9.81. The van der Waals surface area contributed by atoms with Crippen LogP contribution in [0.3, 0.4) is 0 Å². The first-order chi connectivity index (χ1) is 13.6. The fourth-order valence-electron chi connectivity index (χ4n) is 3.09. The second-order valence-electron chi connectivity index (χ2n) is 6.71. The zero-order chi connectivity index (χ0) is 20.2. The van der Waals surface area contributed by atoms with Crippen molar-refractivity contribution < 1.29 is 24.2 Å². The summed E-state index contributed by atoms with van der Waals surface area (Å²) in [7, 11) is 1.31. The van der Waals surface area contributed by atoms with E-state index in [4.69, 9.17) is 4.74 Å². The number of carbonyl (C=O) groups is 2. The predicted octanol–water partition coefficient (Wildman–Crippen LogP) is 2.27. The highest BCUT2D eigenvalue weighted by atomic mass is 16.6. The molecule has 2 rings (SSSR count). The van der Waals surface area contributed by atoms with Crippen molar-refractivity contribution in [1.29, 1.82) is 0 Å². The van der Waals surface area contributed by atoms with Gasteiger partial charge in [0.25, 0.3) is 0 Å². The predicted molar refractivity (Wildman–Crippen MR) is 107 cm³/mol. The molecule has 1 aromatic rings. The molecule has 28 heavy (non-hydrogen) atoms. The number of piperidine rings is 1. The van der Waals surface area contributed by atoms with Crippen LogP contribution in [0.2, 0.25) is 0 Å². The van der Waals surface area contributed by atoms with Gasteiger partial charge in [-0.1, -0.05) is 54.6 Å². The van der Waals surface area contributed by atoms with Crippen LogP contribution in [0.1, 0.15) is 24.8 Å². The number of rotatable bonds is 10. The molecule has 1 saturated heterocycles. The molecule has 0 saturated carbocycles. The Morgan fingerprint density at radius 3 is 2.86 bits per heavy atom. The standard InChI is InChI=1S/C22H29NO5/c1-27-22(26)17-28-15-6-5-14-23-19(10-7-11-21(23)25)12-13-20(24)16-18-8-3-2-4-9-18/h2-6,8-9,12-13,19-20,24H,7,10-11,14-17H2,1H3/t19?,20-/m0/s1. The Balaban J connectivity index is 1.83. The van der Waals surface area contributed by atoms with Crippen molar-refractivity contribution in [2.45, 2.75) is 37.8 Å². The number of amides is 1. The molecule has 1 amide bonds. The molecule has 6 nitrogen and oxygen atoms in total. The minimum absolute atomic E-state index is 0.0210. The van der Waals surface area contributed by atoms with Crippen LogP contribution < -0.4 is 0 Å². The van der Waals surface area contributed by atoms with E-state index in [9.17, 15) is 14.7 Å². The number of ether oxygens (including phenoxy) is 2. The molecule has 1 N–H and O–H groups in total. The first-order valence-corrected chi connectivity index (χ1v) is 9.59. The van der Waals surface area contributed by atoms with E-state index < -0.39 is 12.1 Å². The van der Waals surface area contributed by atoms with E-state index in [2.05, 4.69) is 4.74 Å². The summed E-state index contributed by atoms with van der Waals surface area (Å²) in [6.45, 7) is 0.672. The lowest BCUT2D eigenvalue weighted by molar-refractivity contribution is -0.145. The molecule has 1 aromatic carbocycles. The molecule has 1 aliphatic heterocycles. The highest BCUT2D eigenvalue weighted by molar-refractivity contribution is 5.77. The van der Waals surface area contributed by atoms with E-state index in [1.165, 1.54) is 7.11 Å². The van der Waals surface area contributed by atoms with Gasteiger partial charge in [-0.05, 0) is 18.4 Å². The summed E-state index contributed by atoms with van der Waals surface area (Å²) in [5.41, 5.74) is 1.08. The Morgan fingerprint density at radius 1 is 1.32 bits per heavy atom. The molecule has 0 bridgehead atoms. The molecule has 152 valence electrons. The molecule has 0 spiro atoms. The van der Waals surface area contributed by atoms with Crippen molar-refractivity contribution in [3.8, 4) is 0 Å². The fraction of sp³-hybridized carbons (Fsp3) is 0.455. The number of carbonyl (C=O) groups excluding carboxylic acids is 2. The SMILES string of the molecule is COC(=O)COCC=CCN1C(=O)CCCC1C=C[C@H](O)Cc1ccccc1. The van der Waals surface area contributed by atoms with Crippen molar-refractivity contribution in [3.63, 3.8) is 0 Å². The van der Waals surface area contributed by atoms with E-state index >= 15 is 0 Å². The second-order valence-corrected chi connectivity index (χ2v) is 6.71. The number of nitrogens with zero attached hydrogens (tertiary/aromatic N) is 1. The summed E-state index contributed by atoms with van der Waals surface area (Å²) in [6.07, 6.45) is 9.62. The largest absolute Gasteiger partial charge is 0.467 e. The van der Waals surface area contributed by atoms with Gasteiger partial charge in [0.2, 0.25) is 5.91 Å². The molecule has 0 aliphatic carbocycles. The monoisotopic (exact) mass is 387 g/mol. The topological polar surface area (TPSA) is 76.1 Å². The van der Waals surface area contributed by atoms with Gasteiger partial charge in [0, 0.05) is 19.4 Å². The zero-order valence-corrected chi connectivity index (χ0v) is 16.3. The Labute approximate surface area is 166 Å². The van der Waals surface area contributed by atoms with Gasteiger partial charge in [-0.25, -0.2) is 4.79 Å². The lowest BCUT2D eigenvalue weighted by atomic mass is 9.99. The number of aliphatic hydroxyl groups is 1. The first-order valence-electron chi connectivity index (χ1n) is 9.59. The molecule has 1 fully saturated rings. The Morgan fingerprint density at radius 2 is 2.11 bits per heavy atom. The lowest BCUT2D eigenvalue weighted by Crippen LogP contribution is -2.42. The molecule has 1 heterocycles. The van der Waals surface area contributed by atoms with Crippen molar-refractivity contribution in [2.24, 2.45) is 0 Å². The highest BCUT2D eigenvalue weighted by Gasteiger charge is 2.25. The Hall–Kier alpha value is -2.44. The average Bonchev–Trinajstić information content (AvgIpc) is 2.70. The van der Waals surface area contributed by atoms with E-state index in [1.54, 1.807) is 12.2 Å². The normalized spacial score (nSPS) is 18.7. The van der Waals surface area contributed by atoms with Crippen LogP contribution >= 0.6 is 0 Å². The number of benzene rings is 1. The number of hydrogen-bond donors (Lipinski definition) is 1. The molecule has 0 aromatic heterocycles. The fourth-order valence-corrected chi connectivity index (χ4v) is 3.09. The van der Waals surface area contributed by atoms with Gasteiger partial charge in [0.15, 0.2) is 0 Å². The summed E-state index contributed by atoms with van der Waals surface area (Å²) in [5, 5.41) is 10.3. The van der Waals surface area contributed by atoms with Gasteiger partial charge in [-0.3, -0.25) is 4.79 Å². The molecule has 0 radical (unpaired) electrons. The molecular weight excluding hydrogens is 358 g/mol. The number of hydrogen-bond acceptors (Lipinski definition) is 5. The number of methoxy groups -OCH3 is 1. The van der Waals surface area contributed by atoms with Gasteiger partial charge in [-0.2, -0.15) is 0 Å². The molecule has 2 atom stereocenters. The third kappa shape index (κ3) is 7.66. The maximum atomic E-state index is 12.3. The smallest absolute Gasteiger partial charge is 0.331 e. The van der Waals surface area contributed by atoms with Crippen molar-refractivity contribution in [3.05, 3.63) is 60.2 Å². The van der Waals surface area contributed by atoms with Crippen molar-refractivity contribution in [1.82, 2.24) is 4.90 Å². The molecular formula is C22H29NO5. The second kappa shape index (κ2) is 12.1. The van der Waals surface area contributed by atoms with Crippen molar-refractivity contribution >= 4 is 11.9 Å². The van der Waals surface area contributed by atoms with Gasteiger partial charge >= 0.3 is 5.97 Å². The molecule has 6 heteroatoms. The van der Waals surface area contributed by atoms with Gasteiger partial charge in [-0.15, -0.1) is 0 Å². The summed E-state index contributed by atoms with van der Waals surface area (Å²) >= 11 is 0. The molecule has 1 unspecified atom stereocenters. The van der Waals surface area contributed by atoms with Gasteiger partial charge in [0.1, 0.15) is 6.61 Å². The van der Waals surface area contributed by atoms with Crippen LogP contribution in [0.25, 0.3) is 0 Å². The molecule has 1 aliphatic rings. The number of esters is 1. The van der Waals surface area contributed by atoms with E-state index in [0.717, 1.165) is 18.4 Å². The van der Waals surface area contributed by atoms with Gasteiger partial charge in [0.05, 0.1) is 25.9 Å². The number of aliphatic hydroxyl groups excluding tert-OH is 1. The van der Waals surface area contributed by atoms with E-state index in [-0.39, 0.29) is 25.2 Å². The maximum absolute atomic E-state index is 12.3. The van der Waals surface area contributed by atoms with E-state index in [1.807, 2.05) is 47.4 Å². The third-order valence-electron chi connectivity index (χ3n) is 4.58. The number of likely N-dealkylation sites (tertiary alicyclic amines) is 1. The highest BCUT2D eigenvalue weighted by Crippen LogP contribution is 2.19. The van der Waals surface area contributed by atoms with Crippen LogP contribution in [0.15, 0.2) is 54.6 Å². The average molecular weight is 387 g/mol. The minimum Gasteiger partial charge on any atom is -0.467 e. The Kier molecular flexibility index (Phi) is 9.45.